The van der Waals surface area contributed by atoms with Gasteiger partial charge in [-0.1, -0.05) is 196 Å². The van der Waals surface area contributed by atoms with Crippen LogP contribution in [-0.4, -0.2) is 218 Å². The number of carbonyl (C=O) groups is 10. The topological polar surface area (TPSA) is 578 Å². The second kappa shape index (κ2) is 64.1. The first kappa shape index (κ1) is 123. The number of nitrogens with one attached hydrogen (secondary N) is 3. The van der Waals surface area contributed by atoms with Crippen LogP contribution in [0.1, 0.15) is 180 Å². The smallest absolute Gasteiger partial charge is 0.676 e. The van der Waals surface area contributed by atoms with Crippen LogP contribution in [0.15, 0.2) is 247 Å². The standard InChI is InChI=1S/C22H21NO2S.C20H22N8O5.C20H28O2.C14H19Cl2NO2.C13H18Cl2N2O2.C9H6O6.C6H12N2.Pt/c23-20(21(24)25)16-26-22(17-10-4-1-5-11-17,18-12-6-2-7-13-18)19-14-8-3-9-15-19;1-28(9-11-8-23-17-15(24-11)16(21)26-20(22)27-17)12-4-2-10(3-5-12)18(31)25-13(19(32)33)6-7-14(29)30;1-15(8-6-9-16(2)14-19(21)22)11-12-18-17(3)10-7-13-20(18,4)5;15-8-10-17(11-9-16)13-6-4-12(5-7-13)2-1-3-14(18)19;14-5-7-17(8-6-15)11-3-1-10(2-4-11)9-12(16)13(18)19;10-7(11)4-1-2-5(8(12)13)6(3-4)9(14)15;7-5-3-1-2-4-6(5)8;/h1-15,20H,16,23H2,(H,24,25);2-5,8,13H,6-7,9H2,1H3,(H,25,31)(H,29,30)(H,32,33)(H4,21,22,23,26,27);6,8-9,11-12,14H,7,10,13H2,1-5H3,(H,21,22);4-7H,1-3,8-11H2,(H,18,19);1-4,12H,5-9,16H2,(H,18,19);1-3H,(H,10,11)(H,12,13)(H,14,15);5-8H,1-4H2;/q;;;;;;-2;+2/b;;9-6+,12-11+,15-8+,16-14+;;;;;/t20-;13-;;;12-;;;/m00..0.../s1. The minimum atomic E-state index is -1.48. The normalized spacial score (nSPS) is 14.3. The molecule has 2 aromatic heterocycles. The number of hydrogen-bond acceptors (Lipinski definition) is 22. The second-order valence-electron chi connectivity index (χ2n) is 33.6. The van der Waals surface area contributed by atoms with Gasteiger partial charge < -0.3 is 100 Å². The molecule has 0 radical (unpaired) electrons. The summed E-state index contributed by atoms with van der Waals surface area (Å²) in [5.41, 5.74) is 50.9. The van der Waals surface area contributed by atoms with Crippen molar-refractivity contribution in [1.82, 2.24) is 25.3 Å². The monoisotopic (exact) mass is 2240 g/mol. The van der Waals surface area contributed by atoms with Gasteiger partial charge in [0, 0.05) is 104 Å². The zero-order valence-electron chi connectivity index (χ0n) is 80.3. The maximum atomic E-state index is 12.4. The third kappa shape index (κ3) is 42.8. The van der Waals surface area contributed by atoms with E-state index in [-0.39, 0.29) is 80.7 Å². The van der Waals surface area contributed by atoms with E-state index in [1.165, 1.54) is 61.5 Å². The van der Waals surface area contributed by atoms with Crippen molar-refractivity contribution in [2.24, 2.45) is 16.9 Å². The van der Waals surface area contributed by atoms with Gasteiger partial charge in [0.1, 0.15) is 18.1 Å². The molecule has 0 aliphatic heterocycles. The second-order valence-corrected chi connectivity index (χ2v) is 36.4. The minimum Gasteiger partial charge on any atom is -0.676 e. The molecular weight excluding hydrogens is 2120 g/mol. The van der Waals surface area contributed by atoms with E-state index in [2.05, 4.69) is 111 Å². The Morgan fingerprint density at radius 2 is 1.06 bits per heavy atom. The third-order valence-electron chi connectivity index (χ3n) is 22.3. The maximum Gasteiger partial charge on any atom is 2.00 e. The number of nitrogens with zero attached hydrogens (tertiary/aromatic N) is 7. The number of carboxylic acid groups (broad SMARTS) is 9. The van der Waals surface area contributed by atoms with E-state index in [9.17, 15) is 58.2 Å². The van der Waals surface area contributed by atoms with Crippen molar-refractivity contribution < 1.29 is 115 Å². The van der Waals surface area contributed by atoms with Gasteiger partial charge in [0.2, 0.25) is 5.95 Å². The van der Waals surface area contributed by atoms with Gasteiger partial charge in [-0.15, -0.1) is 58.2 Å². The summed E-state index contributed by atoms with van der Waals surface area (Å²) in [4.78, 5) is 132. The summed E-state index contributed by atoms with van der Waals surface area (Å²) in [5, 5.41) is 81.4. The zero-order chi connectivity index (χ0) is 105. The number of nitrogen functional groups attached to an aromatic ring is 2. The summed E-state index contributed by atoms with van der Waals surface area (Å²) >= 11 is 24.6. The van der Waals surface area contributed by atoms with E-state index in [4.69, 9.17) is 117 Å². The number of aryl methyl sites for hydroxylation is 1. The molecule has 2 heterocycles. The molecule has 770 valence electrons. The van der Waals surface area contributed by atoms with E-state index in [1.807, 2.05) is 127 Å². The van der Waals surface area contributed by atoms with E-state index in [1.54, 1.807) is 43.1 Å². The number of benzene rings is 7. The summed E-state index contributed by atoms with van der Waals surface area (Å²) in [7, 11) is 1.82. The van der Waals surface area contributed by atoms with Gasteiger partial charge in [-0.25, -0.2) is 33.9 Å². The van der Waals surface area contributed by atoms with Crippen LogP contribution < -0.4 is 43.0 Å². The fourth-order valence-electron chi connectivity index (χ4n) is 14.8. The molecule has 9 aromatic rings. The number of nitrogens with two attached hydrogens (primary N) is 4. The molecule has 5 atom stereocenters. The number of amides is 1. The molecular formula is C104H126Cl4N14O19PtS. The first-order valence-electron chi connectivity index (χ1n) is 45.4. The molecule has 143 heavy (non-hydrogen) atoms. The van der Waals surface area contributed by atoms with Crippen molar-refractivity contribution >= 4 is 158 Å². The fourth-order valence-corrected chi connectivity index (χ4v) is 17.1. The molecule has 0 bridgehead atoms. The summed E-state index contributed by atoms with van der Waals surface area (Å²) in [6.45, 7) is 14.1. The van der Waals surface area contributed by atoms with Crippen LogP contribution in [0.4, 0.5) is 28.8 Å². The minimum absolute atomic E-state index is 0. The van der Waals surface area contributed by atoms with Crippen LogP contribution in [-0.2, 0) is 74.0 Å². The molecule has 1 fully saturated rings. The molecule has 2 unspecified atom stereocenters. The first-order valence-corrected chi connectivity index (χ1v) is 48.5. The van der Waals surface area contributed by atoms with Crippen molar-refractivity contribution in [2.75, 3.05) is 88.7 Å². The molecule has 0 spiro atoms. The summed E-state index contributed by atoms with van der Waals surface area (Å²) in [6, 6.07) is 52.3. The number of hydrogen-bond donors (Lipinski definition) is 14. The van der Waals surface area contributed by atoms with Crippen molar-refractivity contribution in [3.05, 3.63) is 314 Å². The Balaban J connectivity index is 0.000000357. The van der Waals surface area contributed by atoms with Crippen LogP contribution in [0, 0.1) is 5.41 Å². The van der Waals surface area contributed by atoms with Crippen LogP contribution in [0.3, 0.4) is 0 Å². The molecule has 0 saturated heterocycles. The van der Waals surface area contributed by atoms with Gasteiger partial charge in [-0.05, 0) is 177 Å². The van der Waals surface area contributed by atoms with Crippen molar-refractivity contribution in [2.45, 2.75) is 160 Å². The SMILES string of the molecule is CC1=C(/C=C/C(C)=C/C=C/C(C)=C/C(=O)O)C(C)(C)CCC1.CN(Cc1cnc2nc(N)nc(N)c2n1)c1ccc(C(=O)N[C@@H](CCC(=O)O)C(=O)O)cc1.N[C@@H](CSC(c1ccccc1)(c1ccccc1)c1ccccc1)C(=O)O.N[C@@H](Cc1ccc(N(CCCl)CCCl)cc1)C(=O)O.O=C(O)CCCc1ccc(N(CCCl)CCCl)cc1.O=C(O)c1ccc(C(=O)O)c(C(=O)O)c1.[NH-]C1CCCCC1[NH-].[Pt+2]. The predicted molar refractivity (Wildman–Crippen MR) is 561 cm³/mol. The van der Waals surface area contributed by atoms with Gasteiger partial charge in [0.15, 0.2) is 17.0 Å². The molecule has 1 amide bonds. The molecule has 39 heteroatoms. The number of halogens is 4. The number of rotatable bonds is 41. The predicted octanol–water partition coefficient (Wildman–Crippen LogP) is 18.5. The number of carboxylic acids is 9. The average molecular weight is 2250 g/mol. The zero-order valence-corrected chi connectivity index (χ0v) is 86.4. The van der Waals surface area contributed by atoms with Crippen LogP contribution in [0.2, 0.25) is 0 Å². The van der Waals surface area contributed by atoms with Gasteiger partial charge in [-0.2, -0.15) is 22.1 Å². The Morgan fingerprint density at radius 1 is 0.573 bits per heavy atom. The van der Waals surface area contributed by atoms with Crippen LogP contribution in [0.5, 0.6) is 0 Å². The number of thioether (sulfide) groups is 1. The summed E-state index contributed by atoms with van der Waals surface area (Å²) in [6.07, 6.45) is 22.2. The van der Waals surface area contributed by atoms with Crippen LogP contribution >= 0.6 is 58.2 Å². The maximum absolute atomic E-state index is 12.4. The number of aliphatic carboxylic acids is 6. The Hall–Kier alpha value is -12.6. The van der Waals surface area contributed by atoms with Crippen LogP contribution in [0.25, 0.3) is 22.6 Å². The summed E-state index contributed by atoms with van der Waals surface area (Å²) in [5.74, 6) is -8.25. The third-order valence-corrected chi connectivity index (χ3v) is 24.7. The number of aromatic carboxylic acids is 3. The Morgan fingerprint density at radius 3 is 1.50 bits per heavy atom. The number of fused-ring (bicyclic) bond motifs is 1. The van der Waals surface area contributed by atoms with Gasteiger partial charge in [0.05, 0.1) is 39.9 Å². The number of alkyl halides is 4. The first-order chi connectivity index (χ1) is 67.5. The molecule has 33 nitrogen and oxygen atoms in total. The van der Waals surface area contributed by atoms with Gasteiger partial charge >= 0.3 is 74.8 Å². The van der Waals surface area contributed by atoms with E-state index in [0.717, 1.165) is 120 Å². The van der Waals surface area contributed by atoms with Gasteiger partial charge in [0.25, 0.3) is 5.91 Å². The molecule has 2 aliphatic carbocycles. The quantitative estimate of drug-likeness (QED) is 0.00732. The van der Waals surface area contributed by atoms with E-state index >= 15 is 0 Å². The Kier molecular flexibility index (Phi) is 55.0. The van der Waals surface area contributed by atoms with Crippen molar-refractivity contribution in [3.8, 4) is 0 Å². The molecule has 2 aliphatic rings. The molecule has 20 N–H and O–H groups in total. The van der Waals surface area contributed by atoms with E-state index in [0.29, 0.717) is 65.5 Å². The number of aromatic nitrogens is 4. The van der Waals surface area contributed by atoms with Crippen molar-refractivity contribution in [1.29, 1.82) is 0 Å². The summed E-state index contributed by atoms with van der Waals surface area (Å²) < 4.78 is -0.531. The average Bonchev–Trinajstić information content (AvgIpc) is 0.752. The molecule has 7 aromatic carbocycles. The Labute approximate surface area is 871 Å². The number of anilines is 5. The molecule has 1 saturated carbocycles. The number of allylic oxidation sites excluding steroid dienone is 9. The van der Waals surface area contributed by atoms with Crippen molar-refractivity contribution in [3.63, 3.8) is 0 Å². The molecule has 11 rings (SSSR count). The van der Waals surface area contributed by atoms with E-state index < -0.39 is 93.6 Å². The van der Waals surface area contributed by atoms with Gasteiger partial charge in [-0.3, -0.25) is 24.0 Å². The fraction of sp³-hybridized carbons (Fsp3) is 0.346. The Bertz CT molecular complexity index is 5650. The number of carbonyl (C=O) groups excluding carboxylic acids is 1. The largest absolute Gasteiger partial charge is 2.00 e.